The molecule has 0 atom stereocenters. The van der Waals surface area contributed by atoms with Crippen molar-refractivity contribution < 1.29 is 9.53 Å². The minimum Gasteiger partial charge on any atom is -0.465 e. The lowest BCUT2D eigenvalue weighted by Gasteiger charge is -2.01. The number of benzene rings is 1. The maximum Gasteiger partial charge on any atom is 0.348 e. The van der Waals surface area contributed by atoms with Gasteiger partial charge < -0.3 is 4.74 Å². The Bertz CT molecular complexity index is 620. The summed E-state index contributed by atoms with van der Waals surface area (Å²) < 4.78 is 5.45. The van der Waals surface area contributed by atoms with Crippen LogP contribution in [-0.4, -0.2) is 27.8 Å². The topological polar surface area (TPSA) is 96.9 Å². The van der Waals surface area contributed by atoms with Gasteiger partial charge in [-0.15, -0.1) is 0 Å². The van der Waals surface area contributed by atoms with Crippen molar-refractivity contribution in [3.05, 3.63) is 50.8 Å². The first kappa shape index (κ1) is 10.9. The van der Waals surface area contributed by atoms with Crippen molar-refractivity contribution in [2.75, 3.05) is 7.11 Å². The van der Waals surface area contributed by atoms with Crippen LogP contribution < -0.4 is 11.4 Å². The van der Waals surface area contributed by atoms with E-state index in [4.69, 9.17) is 0 Å². The fourth-order valence-corrected chi connectivity index (χ4v) is 1.41. The second-order valence-corrected chi connectivity index (χ2v) is 3.23. The van der Waals surface area contributed by atoms with E-state index in [-0.39, 0.29) is 0 Å². The van der Waals surface area contributed by atoms with Crippen LogP contribution in [-0.2, 0) is 4.74 Å². The van der Waals surface area contributed by atoms with E-state index in [1.807, 2.05) is 0 Å². The molecule has 17 heavy (non-hydrogen) atoms. The lowest BCUT2D eigenvalue weighted by atomic mass is 10.2. The minimum atomic E-state index is -0.569. The molecule has 1 aromatic heterocycles. The first-order chi connectivity index (χ1) is 8.13. The van der Waals surface area contributed by atoms with Crippen LogP contribution in [0, 0.1) is 0 Å². The number of carbonyl (C=O) groups is 1. The first-order valence-corrected chi connectivity index (χ1v) is 4.72. The Morgan fingerprint density at radius 3 is 2.12 bits per heavy atom. The number of nitrogens with one attached hydrogen (secondary N) is 2. The average molecular weight is 235 g/mol. The number of aromatic nitrogens is 3. The van der Waals surface area contributed by atoms with E-state index in [0.717, 1.165) is 4.57 Å². The Hall–Kier alpha value is -2.57. The van der Waals surface area contributed by atoms with Crippen molar-refractivity contribution in [1.82, 2.24) is 14.8 Å². The molecule has 2 rings (SSSR count). The summed E-state index contributed by atoms with van der Waals surface area (Å²) in [6.45, 7) is 0. The Kier molecular flexibility index (Phi) is 2.65. The molecule has 0 aliphatic heterocycles. The number of hydrogen-bond acceptors (Lipinski definition) is 4. The van der Waals surface area contributed by atoms with E-state index in [1.165, 1.54) is 31.4 Å². The molecule has 0 aliphatic rings. The molecule has 88 valence electrons. The summed E-state index contributed by atoms with van der Waals surface area (Å²) in [7, 11) is 1.28. The summed E-state index contributed by atoms with van der Waals surface area (Å²) >= 11 is 0. The van der Waals surface area contributed by atoms with E-state index < -0.39 is 17.3 Å². The molecule has 0 radical (unpaired) electrons. The zero-order valence-corrected chi connectivity index (χ0v) is 8.89. The third kappa shape index (κ3) is 1.89. The molecule has 0 amide bonds. The maximum atomic E-state index is 11.3. The molecule has 0 aliphatic carbocycles. The van der Waals surface area contributed by atoms with Crippen molar-refractivity contribution in [3.63, 3.8) is 0 Å². The number of aromatic amines is 2. The van der Waals surface area contributed by atoms with Gasteiger partial charge in [0.2, 0.25) is 0 Å². The van der Waals surface area contributed by atoms with Crippen molar-refractivity contribution in [3.8, 4) is 5.69 Å². The number of rotatable bonds is 2. The van der Waals surface area contributed by atoms with Gasteiger partial charge in [-0.3, -0.25) is 0 Å². The van der Waals surface area contributed by atoms with E-state index in [1.54, 1.807) is 0 Å². The molecule has 7 nitrogen and oxygen atoms in total. The SMILES string of the molecule is COC(=O)c1ccc(-n2c(=O)[nH][nH]c2=O)cc1. The second-order valence-electron chi connectivity index (χ2n) is 3.23. The van der Waals surface area contributed by atoms with Crippen LogP contribution >= 0.6 is 0 Å². The summed E-state index contributed by atoms with van der Waals surface area (Å²) in [6.07, 6.45) is 0. The van der Waals surface area contributed by atoms with Crippen LogP contribution in [0.3, 0.4) is 0 Å². The normalized spacial score (nSPS) is 10.2. The second kappa shape index (κ2) is 4.12. The molecule has 0 spiro atoms. The van der Waals surface area contributed by atoms with Gasteiger partial charge in [0.15, 0.2) is 0 Å². The van der Waals surface area contributed by atoms with Crippen LogP contribution in [0.5, 0.6) is 0 Å². The summed E-state index contributed by atoms with van der Waals surface area (Å²) in [4.78, 5) is 33.8. The van der Waals surface area contributed by atoms with Gasteiger partial charge in [0, 0.05) is 0 Å². The number of H-pyrrole nitrogens is 2. The Balaban J connectivity index is 2.46. The zero-order chi connectivity index (χ0) is 12.4. The van der Waals surface area contributed by atoms with Crippen molar-refractivity contribution >= 4 is 5.97 Å². The fraction of sp³-hybridized carbons (Fsp3) is 0.100. The molecule has 1 aromatic carbocycles. The molecular formula is C10H9N3O4. The predicted octanol–water partition coefficient (Wildman–Crippen LogP) is -0.360. The lowest BCUT2D eigenvalue weighted by Crippen LogP contribution is -2.24. The maximum absolute atomic E-state index is 11.3. The third-order valence-corrected chi connectivity index (χ3v) is 2.23. The smallest absolute Gasteiger partial charge is 0.348 e. The van der Waals surface area contributed by atoms with E-state index in [9.17, 15) is 14.4 Å². The van der Waals surface area contributed by atoms with Crippen molar-refractivity contribution in [2.45, 2.75) is 0 Å². The van der Waals surface area contributed by atoms with Gasteiger partial charge >= 0.3 is 17.3 Å². The van der Waals surface area contributed by atoms with Gasteiger partial charge in [-0.1, -0.05) is 0 Å². The average Bonchev–Trinajstić information content (AvgIpc) is 2.68. The molecular weight excluding hydrogens is 226 g/mol. The quantitative estimate of drug-likeness (QED) is 0.694. The molecule has 0 bridgehead atoms. The van der Waals surface area contributed by atoms with Crippen LogP contribution in [0.4, 0.5) is 0 Å². The zero-order valence-electron chi connectivity index (χ0n) is 8.89. The van der Waals surface area contributed by atoms with Gasteiger partial charge in [0.05, 0.1) is 18.4 Å². The summed E-state index contributed by atoms with van der Waals surface area (Å²) in [5.74, 6) is -0.480. The number of carbonyl (C=O) groups excluding carboxylic acids is 1. The van der Waals surface area contributed by atoms with Crippen LogP contribution in [0.1, 0.15) is 10.4 Å². The molecule has 0 unspecified atom stereocenters. The van der Waals surface area contributed by atoms with Gasteiger partial charge in [-0.25, -0.2) is 29.1 Å². The number of methoxy groups -OCH3 is 1. The summed E-state index contributed by atoms with van der Waals surface area (Å²) in [5, 5.41) is 4.32. The highest BCUT2D eigenvalue weighted by atomic mass is 16.5. The first-order valence-electron chi connectivity index (χ1n) is 4.72. The highest BCUT2D eigenvalue weighted by Crippen LogP contribution is 2.06. The molecule has 0 fully saturated rings. The largest absolute Gasteiger partial charge is 0.465 e. The number of nitrogens with zero attached hydrogens (tertiary/aromatic N) is 1. The molecule has 1 heterocycles. The van der Waals surface area contributed by atoms with E-state index in [2.05, 4.69) is 14.9 Å². The predicted molar refractivity (Wildman–Crippen MR) is 58.3 cm³/mol. The summed E-state index contributed by atoms with van der Waals surface area (Å²) in [5.41, 5.74) is -0.428. The monoisotopic (exact) mass is 235 g/mol. The van der Waals surface area contributed by atoms with E-state index >= 15 is 0 Å². The van der Waals surface area contributed by atoms with Crippen molar-refractivity contribution in [1.29, 1.82) is 0 Å². The Morgan fingerprint density at radius 2 is 1.65 bits per heavy atom. The fourth-order valence-electron chi connectivity index (χ4n) is 1.41. The number of hydrogen-bond donors (Lipinski definition) is 2. The minimum absolute atomic E-state index is 0.344. The van der Waals surface area contributed by atoms with Crippen LogP contribution in [0.2, 0.25) is 0 Å². The van der Waals surface area contributed by atoms with Gasteiger partial charge in [-0.05, 0) is 24.3 Å². The van der Waals surface area contributed by atoms with Gasteiger partial charge in [-0.2, -0.15) is 0 Å². The molecule has 2 aromatic rings. The summed E-state index contributed by atoms with van der Waals surface area (Å²) in [6, 6.07) is 5.91. The van der Waals surface area contributed by atoms with Crippen LogP contribution in [0.15, 0.2) is 33.9 Å². The Labute approximate surface area is 94.6 Å². The van der Waals surface area contributed by atoms with Gasteiger partial charge in [0.25, 0.3) is 0 Å². The molecule has 0 saturated heterocycles. The van der Waals surface area contributed by atoms with Crippen LogP contribution in [0.25, 0.3) is 5.69 Å². The Morgan fingerprint density at radius 1 is 1.12 bits per heavy atom. The number of ether oxygens (including phenoxy) is 1. The van der Waals surface area contributed by atoms with Gasteiger partial charge in [0.1, 0.15) is 0 Å². The van der Waals surface area contributed by atoms with Crippen molar-refractivity contribution in [2.24, 2.45) is 0 Å². The number of esters is 1. The van der Waals surface area contributed by atoms with E-state index in [0.29, 0.717) is 11.3 Å². The molecule has 7 heteroatoms. The third-order valence-electron chi connectivity index (χ3n) is 2.23. The molecule has 0 saturated carbocycles. The highest BCUT2D eigenvalue weighted by molar-refractivity contribution is 5.89. The lowest BCUT2D eigenvalue weighted by molar-refractivity contribution is 0.0601. The molecule has 2 N–H and O–H groups in total. The standard InChI is InChI=1S/C10H9N3O4/c1-17-8(14)6-2-4-7(5-3-6)13-9(15)11-12-10(13)16/h2-5H,1H3,(H,11,15)(H,12,16). The highest BCUT2D eigenvalue weighted by Gasteiger charge is 2.08.